The normalized spacial score (nSPS) is 14.7. The van der Waals surface area contributed by atoms with E-state index in [1.807, 2.05) is 0 Å². The van der Waals surface area contributed by atoms with Crippen molar-refractivity contribution in [1.29, 1.82) is 0 Å². The average molecular weight is 255 g/mol. The number of carboxylic acid groups (broad SMARTS) is 1. The summed E-state index contributed by atoms with van der Waals surface area (Å²) < 4.78 is 10.1. The van der Waals surface area contributed by atoms with E-state index in [-0.39, 0.29) is 5.76 Å². The van der Waals surface area contributed by atoms with Crippen molar-refractivity contribution in [2.24, 2.45) is 0 Å². The predicted octanol–water partition coefficient (Wildman–Crippen LogP) is 2.10. The molecule has 0 saturated heterocycles. The molecule has 0 aromatic carbocycles. The Bertz CT molecular complexity index is 432. The van der Waals surface area contributed by atoms with Gasteiger partial charge < -0.3 is 14.3 Å². The van der Waals surface area contributed by atoms with E-state index in [1.165, 1.54) is 19.3 Å². The SMILES string of the molecule is CC(C)(C)OC(=O)N[C@@](C)(C(=O)O)c1ccco1. The Morgan fingerprint density at radius 2 is 1.94 bits per heavy atom. The highest BCUT2D eigenvalue weighted by Gasteiger charge is 2.40. The monoisotopic (exact) mass is 255 g/mol. The van der Waals surface area contributed by atoms with Crippen molar-refractivity contribution < 1.29 is 23.8 Å². The largest absolute Gasteiger partial charge is 0.479 e. The van der Waals surface area contributed by atoms with Crippen molar-refractivity contribution in [2.45, 2.75) is 38.8 Å². The number of furan rings is 1. The van der Waals surface area contributed by atoms with Crippen LogP contribution in [0.5, 0.6) is 0 Å². The molecule has 0 radical (unpaired) electrons. The minimum atomic E-state index is -1.66. The highest BCUT2D eigenvalue weighted by molar-refractivity contribution is 5.84. The van der Waals surface area contributed by atoms with Gasteiger partial charge in [0.2, 0.25) is 0 Å². The molecule has 0 aliphatic heterocycles. The predicted molar refractivity (Wildman–Crippen MR) is 63.1 cm³/mol. The molecule has 1 aromatic rings. The minimum Gasteiger partial charge on any atom is -0.479 e. The lowest BCUT2D eigenvalue weighted by molar-refractivity contribution is -0.145. The maximum absolute atomic E-state index is 11.6. The summed E-state index contributed by atoms with van der Waals surface area (Å²) in [6.07, 6.45) is 0.525. The lowest BCUT2D eigenvalue weighted by Gasteiger charge is -2.26. The summed E-state index contributed by atoms with van der Waals surface area (Å²) in [4.78, 5) is 22.9. The number of alkyl carbamates (subject to hydrolysis) is 1. The van der Waals surface area contributed by atoms with E-state index in [0.717, 1.165) is 0 Å². The van der Waals surface area contributed by atoms with Crippen molar-refractivity contribution in [3.8, 4) is 0 Å². The number of carboxylic acids is 1. The molecule has 0 aliphatic rings. The topological polar surface area (TPSA) is 88.8 Å². The lowest BCUT2D eigenvalue weighted by atomic mass is 10.00. The Morgan fingerprint density at radius 3 is 2.33 bits per heavy atom. The van der Waals surface area contributed by atoms with Gasteiger partial charge in [0, 0.05) is 0 Å². The Balaban J connectivity index is 2.89. The van der Waals surface area contributed by atoms with Crippen molar-refractivity contribution in [3.63, 3.8) is 0 Å². The smallest absolute Gasteiger partial charge is 0.408 e. The molecule has 18 heavy (non-hydrogen) atoms. The second kappa shape index (κ2) is 4.72. The first-order chi connectivity index (χ1) is 8.15. The van der Waals surface area contributed by atoms with Crippen LogP contribution in [-0.2, 0) is 15.1 Å². The number of ether oxygens (including phenoxy) is 1. The van der Waals surface area contributed by atoms with E-state index in [0.29, 0.717) is 0 Å². The Labute approximate surface area is 105 Å². The van der Waals surface area contributed by atoms with Gasteiger partial charge in [-0.05, 0) is 39.8 Å². The van der Waals surface area contributed by atoms with Crippen LogP contribution in [0.25, 0.3) is 0 Å². The van der Waals surface area contributed by atoms with E-state index >= 15 is 0 Å². The summed E-state index contributed by atoms with van der Waals surface area (Å²) in [7, 11) is 0. The molecule has 100 valence electrons. The molecule has 0 unspecified atom stereocenters. The summed E-state index contributed by atoms with van der Waals surface area (Å²) in [5.41, 5.74) is -2.36. The highest BCUT2D eigenvalue weighted by Crippen LogP contribution is 2.22. The second-order valence-corrected chi connectivity index (χ2v) is 5.03. The number of amides is 1. The average Bonchev–Trinajstić information content (AvgIpc) is 2.66. The fraction of sp³-hybridized carbons (Fsp3) is 0.500. The number of carbonyl (C=O) groups excluding carboxylic acids is 1. The summed E-state index contributed by atoms with van der Waals surface area (Å²) in [6.45, 7) is 6.41. The molecule has 2 N–H and O–H groups in total. The van der Waals surface area contributed by atoms with Crippen LogP contribution in [0.4, 0.5) is 4.79 Å². The van der Waals surface area contributed by atoms with E-state index in [2.05, 4.69) is 5.32 Å². The summed E-state index contributed by atoms with van der Waals surface area (Å²) in [5.74, 6) is -1.11. The molecule has 6 heteroatoms. The Morgan fingerprint density at radius 1 is 1.33 bits per heavy atom. The molecule has 1 aromatic heterocycles. The van der Waals surface area contributed by atoms with Gasteiger partial charge in [-0.1, -0.05) is 0 Å². The number of hydrogen-bond donors (Lipinski definition) is 2. The zero-order chi connectivity index (χ0) is 14.0. The zero-order valence-corrected chi connectivity index (χ0v) is 10.8. The number of aliphatic carboxylic acids is 1. The van der Waals surface area contributed by atoms with Gasteiger partial charge in [0.25, 0.3) is 0 Å². The van der Waals surface area contributed by atoms with Gasteiger partial charge >= 0.3 is 12.1 Å². The standard InChI is InChI=1S/C12H17NO5/c1-11(2,3)18-10(16)13-12(4,9(14)15)8-6-5-7-17-8/h5-7H,1-4H3,(H,13,16)(H,14,15)/t12-/m1/s1. The molecule has 1 amide bonds. The van der Waals surface area contributed by atoms with Gasteiger partial charge in [-0.25, -0.2) is 9.59 Å². The van der Waals surface area contributed by atoms with Crippen molar-refractivity contribution in [3.05, 3.63) is 24.2 Å². The van der Waals surface area contributed by atoms with Gasteiger partial charge in [-0.15, -0.1) is 0 Å². The van der Waals surface area contributed by atoms with E-state index in [4.69, 9.17) is 9.15 Å². The van der Waals surface area contributed by atoms with Crippen LogP contribution < -0.4 is 5.32 Å². The van der Waals surface area contributed by atoms with Gasteiger partial charge in [0.05, 0.1) is 6.26 Å². The molecule has 0 fully saturated rings. The van der Waals surface area contributed by atoms with Crippen LogP contribution in [0, 0.1) is 0 Å². The maximum atomic E-state index is 11.6. The van der Waals surface area contributed by atoms with Crippen molar-refractivity contribution >= 4 is 12.1 Å². The van der Waals surface area contributed by atoms with Crippen LogP contribution in [0.3, 0.4) is 0 Å². The lowest BCUT2D eigenvalue weighted by Crippen LogP contribution is -2.50. The van der Waals surface area contributed by atoms with Crippen LogP contribution in [0.1, 0.15) is 33.5 Å². The third-order valence-electron chi connectivity index (χ3n) is 2.19. The first-order valence-electron chi connectivity index (χ1n) is 5.44. The van der Waals surface area contributed by atoms with Crippen LogP contribution in [-0.4, -0.2) is 22.8 Å². The van der Waals surface area contributed by atoms with Gasteiger partial charge in [0.1, 0.15) is 11.4 Å². The fourth-order valence-electron chi connectivity index (χ4n) is 1.29. The molecule has 6 nitrogen and oxygen atoms in total. The molecule has 0 spiro atoms. The molecule has 0 saturated carbocycles. The third kappa shape index (κ3) is 3.26. The first kappa shape index (κ1) is 14.1. The third-order valence-corrected chi connectivity index (χ3v) is 2.19. The van der Waals surface area contributed by atoms with Crippen molar-refractivity contribution in [1.82, 2.24) is 5.32 Å². The molecule has 0 bridgehead atoms. The van der Waals surface area contributed by atoms with E-state index in [9.17, 15) is 14.7 Å². The molecule has 1 atom stereocenters. The Hall–Kier alpha value is -1.98. The maximum Gasteiger partial charge on any atom is 0.408 e. The summed E-state index contributed by atoms with van der Waals surface area (Å²) in [6, 6.07) is 3.03. The molecule has 1 heterocycles. The Kier molecular flexibility index (Phi) is 3.69. The molecular weight excluding hydrogens is 238 g/mol. The quantitative estimate of drug-likeness (QED) is 0.863. The number of nitrogens with one attached hydrogen (secondary N) is 1. The fourth-order valence-corrected chi connectivity index (χ4v) is 1.29. The number of rotatable bonds is 3. The van der Waals surface area contributed by atoms with E-state index < -0.39 is 23.2 Å². The van der Waals surface area contributed by atoms with Gasteiger partial charge in [-0.3, -0.25) is 5.32 Å². The number of carbonyl (C=O) groups is 2. The molecular formula is C12H17NO5. The van der Waals surface area contributed by atoms with Crippen LogP contribution in [0.2, 0.25) is 0 Å². The summed E-state index contributed by atoms with van der Waals surface area (Å²) >= 11 is 0. The van der Waals surface area contributed by atoms with Crippen molar-refractivity contribution in [2.75, 3.05) is 0 Å². The zero-order valence-electron chi connectivity index (χ0n) is 10.8. The van der Waals surface area contributed by atoms with E-state index in [1.54, 1.807) is 26.8 Å². The van der Waals surface area contributed by atoms with Gasteiger partial charge in [0.15, 0.2) is 5.54 Å². The molecule has 0 aliphatic carbocycles. The minimum absolute atomic E-state index is 0.126. The van der Waals surface area contributed by atoms with Crippen LogP contribution >= 0.6 is 0 Å². The summed E-state index contributed by atoms with van der Waals surface area (Å²) in [5, 5.41) is 11.5. The molecule has 1 rings (SSSR count). The highest BCUT2D eigenvalue weighted by atomic mass is 16.6. The van der Waals surface area contributed by atoms with Crippen LogP contribution in [0.15, 0.2) is 22.8 Å². The second-order valence-electron chi connectivity index (χ2n) is 5.03. The first-order valence-corrected chi connectivity index (χ1v) is 5.44. The number of hydrogen-bond acceptors (Lipinski definition) is 4. The van der Waals surface area contributed by atoms with Gasteiger partial charge in [-0.2, -0.15) is 0 Å².